The molecule has 6 nitrogen and oxygen atoms in total. The van der Waals surface area contributed by atoms with Crippen LogP contribution in [0, 0.1) is 6.92 Å². The third-order valence-electron chi connectivity index (χ3n) is 5.39. The van der Waals surface area contributed by atoms with Gasteiger partial charge in [0.25, 0.3) is 5.91 Å². The summed E-state index contributed by atoms with van der Waals surface area (Å²) in [6.45, 7) is 3.45. The Hall–Kier alpha value is -3.62. The van der Waals surface area contributed by atoms with Gasteiger partial charge in [-0.2, -0.15) is 18.3 Å². The summed E-state index contributed by atoms with van der Waals surface area (Å²) in [4.78, 5) is 25.3. The molecule has 3 aromatic rings. The van der Waals surface area contributed by atoms with Crippen LogP contribution in [0.25, 0.3) is 10.9 Å². The van der Waals surface area contributed by atoms with Gasteiger partial charge in [-0.15, -0.1) is 0 Å². The minimum atomic E-state index is -4.46. The molecule has 3 N–H and O–H groups in total. The third kappa shape index (κ3) is 4.03. The van der Waals surface area contributed by atoms with Crippen LogP contribution in [0.5, 0.6) is 0 Å². The molecule has 0 radical (unpaired) electrons. The molecule has 0 saturated carbocycles. The van der Waals surface area contributed by atoms with E-state index < -0.39 is 23.6 Å². The number of aromatic amines is 1. The first kappa shape index (κ1) is 20.6. The van der Waals surface area contributed by atoms with E-state index in [9.17, 15) is 22.8 Å². The second-order valence-electron chi connectivity index (χ2n) is 7.54. The van der Waals surface area contributed by atoms with Gasteiger partial charge >= 0.3 is 6.18 Å². The highest BCUT2D eigenvalue weighted by Gasteiger charge is 2.34. The minimum absolute atomic E-state index is 0.0365. The number of hydrogen-bond acceptors (Lipinski definition) is 3. The Labute approximate surface area is 175 Å². The average Bonchev–Trinajstić information content (AvgIpc) is 3.14. The van der Waals surface area contributed by atoms with Crippen molar-refractivity contribution in [3.8, 4) is 0 Å². The van der Waals surface area contributed by atoms with Crippen molar-refractivity contribution < 1.29 is 22.8 Å². The number of rotatable bonds is 3. The number of nitrogens with one attached hydrogen (secondary N) is 3. The Morgan fingerprint density at radius 1 is 1.16 bits per heavy atom. The lowest BCUT2D eigenvalue weighted by Gasteiger charge is -2.27. The molecule has 1 aliphatic rings. The van der Waals surface area contributed by atoms with Crippen molar-refractivity contribution in [1.82, 2.24) is 15.5 Å². The fourth-order valence-electron chi connectivity index (χ4n) is 3.82. The second kappa shape index (κ2) is 7.57. The maximum absolute atomic E-state index is 13.2. The largest absolute Gasteiger partial charge is 0.416 e. The number of halogens is 3. The molecule has 160 valence electrons. The molecule has 2 amide bonds. The molecule has 1 aliphatic heterocycles. The normalized spacial score (nSPS) is 17.1. The number of carbonyl (C=O) groups excluding carboxylic acids is 2. The number of fused-ring (bicyclic) bond motifs is 1. The lowest BCUT2D eigenvalue weighted by molar-refractivity contribution is -0.137. The monoisotopic (exact) mass is 428 g/mol. The number of alkyl halides is 3. The molecule has 0 fully saturated rings. The van der Waals surface area contributed by atoms with Crippen LogP contribution in [-0.4, -0.2) is 22.0 Å². The minimum Gasteiger partial charge on any atom is -0.330 e. The van der Waals surface area contributed by atoms with Crippen molar-refractivity contribution in [1.29, 1.82) is 0 Å². The Kier molecular flexibility index (Phi) is 5.04. The second-order valence-corrected chi connectivity index (χ2v) is 7.54. The van der Waals surface area contributed by atoms with Gasteiger partial charge in [0.2, 0.25) is 5.91 Å². The van der Waals surface area contributed by atoms with Gasteiger partial charge in [-0.1, -0.05) is 12.1 Å². The Morgan fingerprint density at radius 2 is 1.87 bits per heavy atom. The van der Waals surface area contributed by atoms with Crippen molar-refractivity contribution in [2.75, 3.05) is 5.32 Å². The number of carbonyl (C=O) groups is 2. The Morgan fingerprint density at radius 3 is 2.55 bits per heavy atom. The summed E-state index contributed by atoms with van der Waals surface area (Å²) >= 11 is 0. The van der Waals surface area contributed by atoms with Crippen LogP contribution in [0.1, 0.15) is 36.0 Å². The zero-order valence-electron chi connectivity index (χ0n) is 16.7. The van der Waals surface area contributed by atoms with E-state index in [1.54, 1.807) is 19.2 Å². The third-order valence-corrected chi connectivity index (χ3v) is 5.39. The number of benzene rings is 2. The highest BCUT2D eigenvalue weighted by molar-refractivity contribution is 6.08. The zero-order valence-corrected chi connectivity index (χ0v) is 16.7. The molecule has 4 rings (SSSR count). The first-order valence-electron chi connectivity index (χ1n) is 9.56. The molecular weight excluding hydrogens is 409 g/mol. The van der Waals surface area contributed by atoms with Gasteiger partial charge in [0, 0.05) is 34.7 Å². The van der Waals surface area contributed by atoms with Crippen LogP contribution in [0.15, 0.2) is 53.9 Å². The average molecular weight is 428 g/mol. The molecule has 1 aromatic heterocycles. The van der Waals surface area contributed by atoms with Gasteiger partial charge in [-0.05, 0) is 49.2 Å². The molecule has 0 spiro atoms. The fraction of sp³-hybridized carbons (Fsp3) is 0.227. The summed E-state index contributed by atoms with van der Waals surface area (Å²) < 4.78 is 38.7. The van der Waals surface area contributed by atoms with E-state index in [0.29, 0.717) is 22.5 Å². The molecule has 1 unspecified atom stereocenters. The lowest BCUT2D eigenvalue weighted by atomic mass is 9.83. The van der Waals surface area contributed by atoms with Gasteiger partial charge in [-0.3, -0.25) is 14.7 Å². The van der Waals surface area contributed by atoms with Crippen LogP contribution in [0.2, 0.25) is 0 Å². The fourth-order valence-corrected chi connectivity index (χ4v) is 3.82. The number of aromatic nitrogens is 2. The van der Waals surface area contributed by atoms with Gasteiger partial charge < -0.3 is 10.6 Å². The number of aryl methyl sites for hydroxylation is 1. The molecule has 9 heteroatoms. The van der Waals surface area contributed by atoms with Gasteiger partial charge in [-0.25, -0.2) is 0 Å². The van der Waals surface area contributed by atoms with E-state index in [1.165, 1.54) is 12.1 Å². The van der Waals surface area contributed by atoms with Crippen LogP contribution < -0.4 is 10.6 Å². The summed E-state index contributed by atoms with van der Waals surface area (Å²) in [6.07, 6.45) is -2.86. The Bertz CT molecular complexity index is 1210. The summed E-state index contributed by atoms with van der Waals surface area (Å²) in [5.74, 6) is -1.38. The number of allylic oxidation sites excluding steroid dienone is 1. The topological polar surface area (TPSA) is 86.9 Å². The molecule has 0 saturated heterocycles. The van der Waals surface area contributed by atoms with Crippen molar-refractivity contribution in [2.24, 2.45) is 0 Å². The van der Waals surface area contributed by atoms with E-state index >= 15 is 0 Å². The van der Waals surface area contributed by atoms with Gasteiger partial charge in [0.1, 0.15) is 0 Å². The van der Waals surface area contributed by atoms with Crippen LogP contribution in [0.4, 0.5) is 18.9 Å². The highest BCUT2D eigenvalue weighted by Crippen LogP contribution is 2.36. The van der Waals surface area contributed by atoms with E-state index in [2.05, 4.69) is 20.8 Å². The maximum atomic E-state index is 13.2. The SMILES string of the molecule is CC1=C(C(=O)Nc2cc3cn[nH]c3cc2C)C(c2ccc(C(F)(F)F)cc2)CC(=O)N1. The molecule has 2 aromatic carbocycles. The zero-order chi connectivity index (χ0) is 22.3. The van der Waals surface area contributed by atoms with Crippen molar-refractivity contribution in [3.05, 3.63) is 70.6 Å². The summed E-state index contributed by atoms with van der Waals surface area (Å²) in [5.41, 5.74) is 2.60. The number of amides is 2. The predicted octanol–water partition coefficient (Wildman–Crippen LogP) is 4.41. The smallest absolute Gasteiger partial charge is 0.330 e. The molecular formula is C22H19F3N4O2. The molecule has 2 heterocycles. The van der Waals surface area contributed by atoms with Gasteiger partial charge in [0.15, 0.2) is 0 Å². The molecule has 1 atom stereocenters. The highest BCUT2D eigenvalue weighted by atomic mass is 19.4. The molecule has 31 heavy (non-hydrogen) atoms. The molecule has 0 bridgehead atoms. The van der Waals surface area contributed by atoms with Crippen molar-refractivity contribution in [2.45, 2.75) is 32.4 Å². The van der Waals surface area contributed by atoms with Crippen LogP contribution in [-0.2, 0) is 15.8 Å². The van der Waals surface area contributed by atoms with Crippen molar-refractivity contribution in [3.63, 3.8) is 0 Å². The van der Waals surface area contributed by atoms with Gasteiger partial charge in [0.05, 0.1) is 17.3 Å². The number of H-pyrrole nitrogens is 1. The van der Waals surface area contributed by atoms with E-state index in [-0.39, 0.29) is 12.3 Å². The van der Waals surface area contributed by atoms with Crippen LogP contribution >= 0.6 is 0 Å². The first-order valence-corrected chi connectivity index (χ1v) is 9.56. The quantitative estimate of drug-likeness (QED) is 0.578. The summed E-state index contributed by atoms with van der Waals surface area (Å²) in [7, 11) is 0. The number of hydrogen-bond donors (Lipinski definition) is 3. The van der Waals surface area contributed by atoms with E-state index in [4.69, 9.17) is 0 Å². The van der Waals surface area contributed by atoms with Crippen molar-refractivity contribution >= 4 is 28.4 Å². The van der Waals surface area contributed by atoms with E-state index in [1.807, 2.05) is 13.0 Å². The first-order chi connectivity index (χ1) is 14.6. The van der Waals surface area contributed by atoms with E-state index in [0.717, 1.165) is 28.6 Å². The lowest BCUT2D eigenvalue weighted by Crippen LogP contribution is -2.35. The standard InChI is InChI=1S/C22H19F3N4O2/c1-11-7-18-14(10-26-29-18)8-17(11)28-21(31)20-12(2)27-19(30)9-16(20)13-3-5-15(6-4-13)22(23,24)25/h3-8,10,16H,9H2,1-2H3,(H,26,29)(H,27,30)(H,28,31). The predicted molar refractivity (Wildman–Crippen MR) is 109 cm³/mol. The molecule has 0 aliphatic carbocycles. The maximum Gasteiger partial charge on any atom is 0.416 e. The van der Waals surface area contributed by atoms with Crippen LogP contribution in [0.3, 0.4) is 0 Å². The number of nitrogens with zero attached hydrogens (tertiary/aromatic N) is 1. The number of anilines is 1. The summed E-state index contributed by atoms with van der Waals surface area (Å²) in [5, 5.41) is 13.2. The Balaban J connectivity index is 1.67. The summed E-state index contributed by atoms with van der Waals surface area (Å²) in [6, 6.07) is 8.20.